The minimum Gasteiger partial charge on any atom is -0.343 e. The first kappa shape index (κ1) is 21.8. The third-order valence-corrected chi connectivity index (χ3v) is 6.23. The van der Waals surface area contributed by atoms with Gasteiger partial charge in [-0.3, -0.25) is 4.79 Å². The van der Waals surface area contributed by atoms with Crippen LogP contribution < -0.4 is 10.6 Å². The molecule has 27 heavy (non-hydrogen) atoms. The highest BCUT2D eigenvalue weighted by atomic mass is 19.4. The number of alkyl halides is 3. The van der Waals surface area contributed by atoms with E-state index in [0.29, 0.717) is 44.7 Å². The fraction of sp³-hybridized carbons (Fsp3) is 0.895. The lowest BCUT2D eigenvalue weighted by Crippen LogP contribution is -2.62. The number of amides is 3. The van der Waals surface area contributed by atoms with E-state index in [9.17, 15) is 22.8 Å². The van der Waals surface area contributed by atoms with Gasteiger partial charge in [-0.05, 0) is 43.9 Å². The zero-order valence-corrected chi connectivity index (χ0v) is 16.5. The van der Waals surface area contributed by atoms with Gasteiger partial charge in [-0.15, -0.1) is 0 Å². The molecule has 2 fully saturated rings. The average molecular weight is 391 g/mol. The third kappa shape index (κ3) is 5.51. The van der Waals surface area contributed by atoms with Crippen LogP contribution in [0, 0.1) is 11.8 Å². The van der Waals surface area contributed by atoms with Gasteiger partial charge in [-0.25, -0.2) is 4.79 Å². The summed E-state index contributed by atoms with van der Waals surface area (Å²) in [6, 6.07) is -0.961. The second-order valence-electron chi connectivity index (χ2n) is 8.39. The molecular weight excluding hydrogens is 359 g/mol. The third-order valence-electron chi connectivity index (χ3n) is 6.23. The van der Waals surface area contributed by atoms with Crippen molar-refractivity contribution in [1.29, 1.82) is 0 Å². The molecule has 0 aromatic carbocycles. The minimum absolute atomic E-state index is 0.0212. The van der Waals surface area contributed by atoms with E-state index in [4.69, 9.17) is 0 Å². The second-order valence-corrected chi connectivity index (χ2v) is 8.39. The van der Waals surface area contributed by atoms with Gasteiger partial charge in [-0.2, -0.15) is 13.2 Å². The van der Waals surface area contributed by atoms with Gasteiger partial charge in [-0.1, -0.05) is 26.7 Å². The van der Waals surface area contributed by atoms with Crippen LogP contribution in [0.15, 0.2) is 0 Å². The standard InChI is InChI=1S/C19H32F3N3O2/c1-13(2)15-5-4-9-18(10-6-15,19(20,21)22)24-17(27)23-16-7-11-25(12-8-16)14(3)26/h13,15-16H,4-12H2,1-3H3,(H2,23,24,27). The van der Waals surface area contributed by atoms with E-state index in [0.717, 1.165) is 6.42 Å². The lowest BCUT2D eigenvalue weighted by atomic mass is 9.86. The van der Waals surface area contributed by atoms with E-state index in [1.54, 1.807) is 4.90 Å². The lowest BCUT2D eigenvalue weighted by molar-refractivity contribution is -0.197. The molecule has 0 spiro atoms. The Morgan fingerprint density at radius 1 is 1.07 bits per heavy atom. The van der Waals surface area contributed by atoms with Crippen molar-refractivity contribution in [2.45, 2.75) is 83.5 Å². The van der Waals surface area contributed by atoms with E-state index < -0.39 is 17.7 Å². The topological polar surface area (TPSA) is 61.4 Å². The first-order valence-electron chi connectivity index (χ1n) is 9.95. The molecule has 1 saturated carbocycles. The highest BCUT2D eigenvalue weighted by molar-refractivity contribution is 5.75. The molecule has 0 radical (unpaired) electrons. The average Bonchev–Trinajstić information content (AvgIpc) is 2.78. The Bertz CT molecular complexity index is 531. The molecule has 1 aliphatic carbocycles. The Morgan fingerprint density at radius 2 is 1.70 bits per heavy atom. The van der Waals surface area contributed by atoms with Crippen LogP contribution in [-0.4, -0.2) is 47.7 Å². The lowest BCUT2D eigenvalue weighted by Gasteiger charge is -2.37. The molecule has 0 bridgehead atoms. The summed E-state index contributed by atoms with van der Waals surface area (Å²) in [6.07, 6.45) is -1.82. The Morgan fingerprint density at radius 3 is 2.22 bits per heavy atom. The number of urea groups is 1. The summed E-state index contributed by atoms with van der Waals surface area (Å²) in [5.74, 6) is 0.580. The Hall–Kier alpha value is -1.47. The zero-order chi connectivity index (χ0) is 20.2. The van der Waals surface area contributed by atoms with E-state index in [-0.39, 0.29) is 30.7 Å². The fourth-order valence-corrected chi connectivity index (χ4v) is 4.29. The monoisotopic (exact) mass is 391 g/mol. The highest BCUT2D eigenvalue weighted by Crippen LogP contribution is 2.43. The summed E-state index contributed by atoms with van der Waals surface area (Å²) in [6.45, 7) is 6.60. The molecule has 0 aromatic rings. The molecule has 8 heteroatoms. The van der Waals surface area contributed by atoms with E-state index in [1.165, 1.54) is 6.92 Å². The molecule has 2 unspecified atom stereocenters. The summed E-state index contributed by atoms with van der Waals surface area (Å²) < 4.78 is 41.7. The molecule has 2 aliphatic rings. The van der Waals surface area contributed by atoms with Crippen LogP contribution in [0.1, 0.15) is 65.7 Å². The fourth-order valence-electron chi connectivity index (χ4n) is 4.29. The highest BCUT2D eigenvalue weighted by Gasteiger charge is 2.55. The predicted octanol–water partition coefficient (Wildman–Crippen LogP) is 3.83. The van der Waals surface area contributed by atoms with E-state index in [1.807, 2.05) is 13.8 Å². The van der Waals surface area contributed by atoms with Gasteiger partial charge in [0.05, 0.1) is 0 Å². The SMILES string of the molecule is CC(=O)N1CCC(NC(=O)NC2(C(F)(F)F)CCCC(C(C)C)CC2)CC1. The van der Waals surface area contributed by atoms with Crippen molar-refractivity contribution in [3.8, 4) is 0 Å². The number of likely N-dealkylation sites (tertiary alicyclic amines) is 1. The maximum absolute atomic E-state index is 13.9. The van der Waals surface area contributed by atoms with Crippen LogP contribution in [0.3, 0.4) is 0 Å². The molecule has 0 aromatic heterocycles. The van der Waals surface area contributed by atoms with Gasteiger partial charge in [0, 0.05) is 26.1 Å². The summed E-state index contributed by atoms with van der Waals surface area (Å²) in [7, 11) is 0. The van der Waals surface area contributed by atoms with Crippen LogP contribution in [0.2, 0.25) is 0 Å². The van der Waals surface area contributed by atoms with Gasteiger partial charge >= 0.3 is 12.2 Å². The first-order valence-corrected chi connectivity index (χ1v) is 9.95. The maximum Gasteiger partial charge on any atom is 0.411 e. The molecule has 2 N–H and O–H groups in total. The number of nitrogens with one attached hydrogen (secondary N) is 2. The smallest absolute Gasteiger partial charge is 0.343 e. The van der Waals surface area contributed by atoms with Crippen molar-refractivity contribution in [1.82, 2.24) is 15.5 Å². The molecule has 156 valence electrons. The normalized spacial score (nSPS) is 28.0. The number of piperidine rings is 1. The van der Waals surface area contributed by atoms with Crippen LogP contribution in [0.4, 0.5) is 18.0 Å². The maximum atomic E-state index is 13.9. The predicted molar refractivity (Wildman–Crippen MR) is 97.1 cm³/mol. The summed E-state index contributed by atoms with van der Waals surface area (Å²) in [5.41, 5.74) is -2.15. The largest absolute Gasteiger partial charge is 0.411 e. The Balaban J connectivity index is 1.98. The van der Waals surface area contributed by atoms with E-state index >= 15 is 0 Å². The number of carbonyl (C=O) groups is 2. The first-order chi connectivity index (χ1) is 12.5. The van der Waals surface area contributed by atoms with E-state index in [2.05, 4.69) is 10.6 Å². The molecule has 1 aliphatic heterocycles. The van der Waals surface area contributed by atoms with Crippen molar-refractivity contribution >= 4 is 11.9 Å². The number of rotatable bonds is 3. The summed E-state index contributed by atoms with van der Waals surface area (Å²) in [4.78, 5) is 25.4. The number of hydrogen-bond acceptors (Lipinski definition) is 2. The van der Waals surface area contributed by atoms with Gasteiger partial charge in [0.15, 0.2) is 0 Å². The number of nitrogens with zero attached hydrogens (tertiary/aromatic N) is 1. The number of hydrogen-bond donors (Lipinski definition) is 2. The van der Waals surface area contributed by atoms with Crippen LogP contribution in [-0.2, 0) is 4.79 Å². The zero-order valence-electron chi connectivity index (χ0n) is 16.5. The minimum atomic E-state index is -4.48. The van der Waals surface area contributed by atoms with Crippen LogP contribution in [0.25, 0.3) is 0 Å². The summed E-state index contributed by atoms with van der Waals surface area (Å²) >= 11 is 0. The van der Waals surface area contributed by atoms with Crippen molar-refractivity contribution in [3.63, 3.8) is 0 Å². The quantitative estimate of drug-likeness (QED) is 0.718. The van der Waals surface area contributed by atoms with Gasteiger partial charge in [0.25, 0.3) is 0 Å². The Labute approximate surface area is 159 Å². The molecule has 5 nitrogen and oxygen atoms in total. The molecular formula is C19H32F3N3O2. The van der Waals surface area contributed by atoms with Crippen LogP contribution >= 0.6 is 0 Å². The molecule has 1 saturated heterocycles. The van der Waals surface area contributed by atoms with Gasteiger partial charge in [0.1, 0.15) is 5.54 Å². The van der Waals surface area contributed by atoms with Crippen molar-refractivity contribution < 1.29 is 22.8 Å². The van der Waals surface area contributed by atoms with Crippen molar-refractivity contribution in [2.75, 3.05) is 13.1 Å². The number of halogens is 3. The molecule has 1 heterocycles. The molecule has 2 atom stereocenters. The van der Waals surface area contributed by atoms with Gasteiger partial charge in [0.2, 0.25) is 5.91 Å². The van der Waals surface area contributed by atoms with Gasteiger partial charge < -0.3 is 15.5 Å². The molecule has 2 rings (SSSR count). The van der Waals surface area contributed by atoms with Crippen molar-refractivity contribution in [2.24, 2.45) is 11.8 Å². The van der Waals surface area contributed by atoms with Crippen LogP contribution in [0.5, 0.6) is 0 Å². The van der Waals surface area contributed by atoms with Crippen molar-refractivity contribution in [3.05, 3.63) is 0 Å². The molecule has 3 amide bonds. The number of carbonyl (C=O) groups excluding carboxylic acids is 2. The Kier molecular flexibility index (Phi) is 7.03. The summed E-state index contributed by atoms with van der Waals surface area (Å²) in [5, 5.41) is 4.99. The second kappa shape index (κ2) is 8.69.